The van der Waals surface area contributed by atoms with Crippen molar-refractivity contribution in [3.8, 4) is 0 Å². The number of carbonyl (C=O) groups excluding carboxylic acids is 2. The predicted molar refractivity (Wildman–Crippen MR) is 375 cm³/mol. The van der Waals surface area contributed by atoms with Gasteiger partial charge in [-0.1, -0.05) is 391 Å². The van der Waals surface area contributed by atoms with Crippen LogP contribution in [0.2, 0.25) is 0 Å². The van der Waals surface area contributed by atoms with Crippen molar-refractivity contribution >= 4 is 11.9 Å². The second-order valence-electron chi connectivity index (χ2n) is 26.7. The number of unbranched alkanes of at least 4 members (excludes halogenated alkanes) is 58. The molecule has 0 aromatic heterocycles. The van der Waals surface area contributed by atoms with E-state index in [1.807, 2.05) is 6.08 Å². The summed E-state index contributed by atoms with van der Waals surface area (Å²) < 4.78 is 5.51. The fourth-order valence-electron chi connectivity index (χ4n) is 12.3. The number of carbonyl (C=O) groups is 2. The van der Waals surface area contributed by atoms with E-state index in [2.05, 4.69) is 43.5 Å². The number of hydrogen-bond acceptors (Lipinski definition) is 5. The van der Waals surface area contributed by atoms with Crippen LogP contribution >= 0.6 is 0 Å². The van der Waals surface area contributed by atoms with Gasteiger partial charge in [0.2, 0.25) is 5.91 Å². The molecule has 0 rings (SSSR count). The van der Waals surface area contributed by atoms with Crippen molar-refractivity contribution in [2.75, 3.05) is 13.2 Å². The number of allylic oxidation sites excluding steroid dienone is 5. The molecule has 0 bridgehead atoms. The van der Waals surface area contributed by atoms with Crippen LogP contribution in [-0.2, 0) is 14.3 Å². The van der Waals surface area contributed by atoms with E-state index in [1.165, 1.54) is 353 Å². The number of aliphatic hydroxyl groups is 2. The van der Waals surface area contributed by atoms with E-state index in [-0.39, 0.29) is 18.5 Å². The number of amides is 1. The van der Waals surface area contributed by atoms with E-state index >= 15 is 0 Å². The van der Waals surface area contributed by atoms with Crippen LogP contribution in [0.4, 0.5) is 0 Å². The fourth-order valence-corrected chi connectivity index (χ4v) is 12.3. The maximum absolute atomic E-state index is 12.5. The monoisotopic (exact) mass is 1190 g/mol. The van der Waals surface area contributed by atoms with Crippen LogP contribution in [0.5, 0.6) is 0 Å². The Hall–Kier alpha value is -1.92. The van der Waals surface area contributed by atoms with Gasteiger partial charge in [0, 0.05) is 12.8 Å². The lowest BCUT2D eigenvalue weighted by atomic mass is 10.0. The predicted octanol–water partition coefficient (Wildman–Crippen LogP) is 25.4. The van der Waals surface area contributed by atoms with E-state index in [0.717, 1.165) is 51.4 Å². The molecule has 502 valence electrons. The van der Waals surface area contributed by atoms with E-state index < -0.39 is 12.1 Å². The summed E-state index contributed by atoms with van der Waals surface area (Å²) in [7, 11) is 0. The second kappa shape index (κ2) is 74.5. The Kier molecular flexibility index (Phi) is 72.9. The van der Waals surface area contributed by atoms with Crippen molar-refractivity contribution in [3.63, 3.8) is 0 Å². The first kappa shape index (κ1) is 83.1. The van der Waals surface area contributed by atoms with E-state index in [4.69, 9.17) is 4.74 Å². The first-order chi connectivity index (χ1) is 42.0. The van der Waals surface area contributed by atoms with Crippen molar-refractivity contribution in [2.45, 2.75) is 443 Å². The Morgan fingerprint density at radius 1 is 0.329 bits per heavy atom. The zero-order valence-corrected chi connectivity index (χ0v) is 57.6. The van der Waals surface area contributed by atoms with Crippen LogP contribution in [0, 0.1) is 0 Å². The van der Waals surface area contributed by atoms with Gasteiger partial charge in [0.05, 0.1) is 25.4 Å². The van der Waals surface area contributed by atoms with Gasteiger partial charge in [-0.05, 0) is 64.2 Å². The quantitative estimate of drug-likeness (QED) is 0.0320. The lowest BCUT2D eigenvalue weighted by Crippen LogP contribution is -2.45. The first-order valence-corrected chi connectivity index (χ1v) is 38.8. The number of esters is 1. The molecule has 0 spiro atoms. The van der Waals surface area contributed by atoms with Crippen molar-refractivity contribution in [3.05, 3.63) is 36.5 Å². The third-order valence-electron chi connectivity index (χ3n) is 18.2. The molecule has 0 radical (unpaired) electrons. The molecule has 2 atom stereocenters. The van der Waals surface area contributed by atoms with Crippen LogP contribution in [0.3, 0.4) is 0 Å². The van der Waals surface area contributed by atoms with Crippen molar-refractivity contribution in [1.82, 2.24) is 5.32 Å². The first-order valence-electron chi connectivity index (χ1n) is 38.8. The molecule has 6 nitrogen and oxygen atoms in total. The highest BCUT2D eigenvalue weighted by atomic mass is 16.5. The van der Waals surface area contributed by atoms with Crippen LogP contribution in [-0.4, -0.2) is 47.4 Å². The minimum atomic E-state index is -0.844. The van der Waals surface area contributed by atoms with Gasteiger partial charge in [0.25, 0.3) is 0 Å². The number of hydrogen-bond donors (Lipinski definition) is 3. The van der Waals surface area contributed by atoms with E-state index in [0.29, 0.717) is 19.4 Å². The van der Waals surface area contributed by atoms with Gasteiger partial charge in [-0.2, -0.15) is 0 Å². The summed E-state index contributed by atoms with van der Waals surface area (Å²) in [6, 6.07) is -0.627. The molecule has 0 aliphatic heterocycles. The van der Waals surface area contributed by atoms with Crippen molar-refractivity contribution in [2.24, 2.45) is 0 Å². The average molecular weight is 1200 g/mol. The minimum absolute atomic E-state index is 0.0112. The van der Waals surface area contributed by atoms with Crippen LogP contribution in [0.1, 0.15) is 431 Å². The van der Waals surface area contributed by atoms with Crippen molar-refractivity contribution < 1.29 is 24.5 Å². The molecule has 6 heteroatoms. The zero-order valence-electron chi connectivity index (χ0n) is 57.6. The average Bonchev–Trinajstić information content (AvgIpc) is 3.51. The SMILES string of the molecule is CCCCCC/C=C\C/C=C\CCCCCCCCCC(=O)OCCCCCCCCCCCCCCCCCCCCCCCCCCCCCC(=O)NC(CO)C(O)/C=C/CCCCCCCCCCCCCCCCCCCCCCC. The molecule has 85 heavy (non-hydrogen) atoms. The van der Waals surface area contributed by atoms with Gasteiger partial charge in [-0.15, -0.1) is 0 Å². The normalized spacial score (nSPS) is 12.7. The van der Waals surface area contributed by atoms with Gasteiger partial charge in [-0.3, -0.25) is 9.59 Å². The lowest BCUT2D eigenvalue weighted by molar-refractivity contribution is -0.143. The van der Waals surface area contributed by atoms with Gasteiger partial charge < -0.3 is 20.3 Å². The molecule has 1 amide bonds. The zero-order chi connectivity index (χ0) is 61.3. The summed E-state index contributed by atoms with van der Waals surface area (Å²) in [4.78, 5) is 24.7. The Bertz CT molecular complexity index is 1380. The summed E-state index contributed by atoms with van der Waals surface area (Å²) in [5.41, 5.74) is 0. The molecule has 2 unspecified atom stereocenters. The van der Waals surface area contributed by atoms with Crippen LogP contribution < -0.4 is 5.32 Å². The van der Waals surface area contributed by atoms with Gasteiger partial charge in [-0.25, -0.2) is 0 Å². The fraction of sp³-hybridized carbons (Fsp3) is 0.899. The molecule has 0 saturated heterocycles. The molecular formula is C79H151NO5. The highest BCUT2D eigenvalue weighted by Crippen LogP contribution is 2.20. The maximum atomic E-state index is 12.5. The summed E-state index contributed by atoms with van der Waals surface area (Å²) in [6.45, 7) is 4.93. The summed E-state index contributed by atoms with van der Waals surface area (Å²) >= 11 is 0. The highest BCUT2D eigenvalue weighted by molar-refractivity contribution is 5.76. The molecular weight excluding hydrogens is 1040 g/mol. The Morgan fingerprint density at radius 3 is 0.906 bits per heavy atom. The number of rotatable bonds is 73. The summed E-state index contributed by atoms with van der Waals surface area (Å²) in [6.07, 6.45) is 96.8. The smallest absolute Gasteiger partial charge is 0.305 e. The molecule has 0 aliphatic rings. The third-order valence-corrected chi connectivity index (χ3v) is 18.2. The second-order valence-corrected chi connectivity index (χ2v) is 26.7. The van der Waals surface area contributed by atoms with Gasteiger partial charge in [0.15, 0.2) is 0 Å². The molecule has 0 aromatic carbocycles. The Morgan fingerprint density at radius 2 is 0.588 bits per heavy atom. The van der Waals surface area contributed by atoms with Crippen molar-refractivity contribution in [1.29, 1.82) is 0 Å². The maximum Gasteiger partial charge on any atom is 0.305 e. The molecule has 0 heterocycles. The van der Waals surface area contributed by atoms with Crippen LogP contribution in [0.25, 0.3) is 0 Å². The number of ether oxygens (including phenoxy) is 1. The number of nitrogens with one attached hydrogen (secondary N) is 1. The molecule has 0 aliphatic carbocycles. The van der Waals surface area contributed by atoms with Gasteiger partial charge in [0.1, 0.15) is 0 Å². The topological polar surface area (TPSA) is 95.9 Å². The standard InChI is InChI=1S/C79H151NO5/c1-3-5-7-9-11-13-15-17-19-21-23-24-30-33-36-39-43-47-51-55-59-63-67-71-77(82)76(75-81)80-78(83)72-68-64-60-56-52-48-44-40-37-34-31-28-26-25-27-29-32-35-38-42-46-50-54-58-62-66-70-74-85-79(84)73-69-65-61-57-53-49-45-41-22-20-18-16-14-12-10-8-6-4-2/h14,16,20,22,67,71,76-77,81-82H,3-13,15,17-19,21,23-66,68-70,72-75H2,1-2H3,(H,80,83)/b16-14-,22-20-,71-67+. The molecule has 0 saturated carbocycles. The third kappa shape index (κ3) is 71.0. The van der Waals surface area contributed by atoms with E-state index in [9.17, 15) is 19.8 Å². The van der Waals surface area contributed by atoms with E-state index in [1.54, 1.807) is 6.08 Å². The van der Waals surface area contributed by atoms with Crippen LogP contribution in [0.15, 0.2) is 36.5 Å². The Labute approximate surface area is 532 Å². The largest absolute Gasteiger partial charge is 0.466 e. The number of aliphatic hydroxyl groups excluding tert-OH is 2. The molecule has 0 fully saturated rings. The van der Waals surface area contributed by atoms with Gasteiger partial charge >= 0.3 is 5.97 Å². The highest BCUT2D eigenvalue weighted by Gasteiger charge is 2.18. The molecule has 0 aromatic rings. The lowest BCUT2D eigenvalue weighted by Gasteiger charge is -2.20. The minimum Gasteiger partial charge on any atom is -0.466 e. The summed E-state index contributed by atoms with van der Waals surface area (Å²) in [5, 5.41) is 23.3. The molecule has 3 N–H and O–H groups in total. The summed E-state index contributed by atoms with van der Waals surface area (Å²) in [5.74, 6) is -0.0495. The Balaban J connectivity index is 3.37.